The Labute approximate surface area is 193 Å². The van der Waals surface area contributed by atoms with Crippen LogP contribution in [0.4, 0.5) is 16.2 Å². The van der Waals surface area contributed by atoms with E-state index in [1.165, 1.54) is 30.5 Å². The molecule has 0 radical (unpaired) electrons. The van der Waals surface area contributed by atoms with Crippen molar-refractivity contribution in [3.05, 3.63) is 70.1 Å². The summed E-state index contributed by atoms with van der Waals surface area (Å²) in [6.45, 7) is 5.61. The van der Waals surface area contributed by atoms with Gasteiger partial charge in [-0.1, -0.05) is 18.2 Å². The maximum Gasteiger partial charge on any atom is 0.411 e. The zero-order valence-corrected chi connectivity index (χ0v) is 19.3. The topological polar surface area (TPSA) is 75.0 Å². The van der Waals surface area contributed by atoms with Gasteiger partial charge in [0.15, 0.2) is 0 Å². The van der Waals surface area contributed by atoms with Crippen molar-refractivity contribution in [2.24, 2.45) is 0 Å². The van der Waals surface area contributed by atoms with Crippen molar-refractivity contribution in [2.75, 3.05) is 37.0 Å². The van der Waals surface area contributed by atoms with E-state index in [2.05, 4.69) is 46.4 Å². The highest BCUT2D eigenvalue weighted by molar-refractivity contribution is 5.89. The first-order valence-electron chi connectivity index (χ1n) is 11.6. The lowest BCUT2D eigenvalue weighted by Crippen LogP contribution is -2.31. The van der Waals surface area contributed by atoms with Crippen molar-refractivity contribution in [3.8, 4) is 0 Å². The second kappa shape index (κ2) is 10.5. The molecule has 4 rings (SSSR count). The van der Waals surface area contributed by atoms with Gasteiger partial charge in [0.25, 0.3) is 0 Å². The lowest BCUT2D eigenvalue weighted by Gasteiger charge is -2.31. The van der Waals surface area contributed by atoms with Gasteiger partial charge in [0.2, 0.25) is 0 Å². The molecule has 33 heavy (non-hydrogen) atoms. The van der Waals surface area contributed by atoms with Gasteiger partial charge in [-0.3, -0.25) is 10.2 Å². The number of anilines is 2. The molecule has 0 aliphatic carbocycles. The molecule has 1 aliphatic heterocycles. The number of benzene rings is 2. The number of rotatable bonds is 7. The van der Waals surface area contributed by atoms with Crippen molar-refractivity contribution >= 4 is 28.4 Å². The van der Waals surface area contributed by atoms with Crippen LogP contribution in [0.15, 0.2) is 57.7 Å². The summed E-state index contributed by atoms with van der Waals surface area (Å²) in [5, 5.41) is 3.49. The molecule has 0 spiro atoms. The first-order chi connectivity index (χ1) is 16.0. The number of piperidine rings is 1. The SMILES string of the molecule is CCOC(=O)Nc1ccc2c(CN(C)Cc3ccccc3N3CCCCC3)cc(=O)oc2c1. The summed E-state index contributed by atoms with van der Waals surface area (Å²) in [5.74, 6) is 0. The van der Waals surface area contributed by atoms with Crippen LogP contribution < -0.4 is 15.8 Å². The smallest absolute Gasteiger partial charge is 0.411 e. The first-order valence-corrected chi connectivity index (χ1v) is 11.6. The van der Waals surface area contributed by atoms with Crippen LogP contribution in [0.25, 0.3) is 11.0 Å². The summed E-state index contributed by atoms with van der Waals surface area (Å²) >= 11 is 0. The van der Waals surface area contributed by atoms with E-state index >= 15 is 0 Å². The zero-order chi connectivity index (χ0) is 23.2. The number of hydrogen-bond acceptors (Lipinski definition) is 6. The van der Waals surface area contributed by atoms with Crippen LogP contribution in [0, 0.1) is 0 Å². The summed E-state index contributed by atoms with van der Waals surface area (Å²) in [5.41, 5.74) is 4.03. The van der Waals surface area contributed by atoms with Crippen LogP contribution in [0.5, 0.6) is 0 Å². The Kier molecular flexibility index (Phi) is 7.29. The molecule has 0 unspecified atom stereocenters. The molecule has 0 saturated carbocycles. The highest BCUT2D eigenvalue weighted by Gasteiger charge is 2.16. The molecule has 174 valence electrons. The van der Waals surface area contributed by atoms with E-state index in [0.717, 1.165) is 30.6 Å². The summed E-state index contributed by atoms with van der Waals surface area (Å²) < 4.78 is 10.3. The number of carbonyl (C=O) groups is 1. The maximum absolute atomic E-state index is 12.2. The fourth-order valence-corrected chi connectivity index (χ4v) is 4.45. The van der Waals surface area contributed by atoms with Gasteiger partial charge in [-0.05, 0) is 62.6 Å². The number of amides is 1. The Morgan fingerprint density at radius 1 is 1.06 bits per heavy atom. The molecule has 1 amide bonds. The molecule has 1 aromatic heterocycles. The van der Waals surface area contributed by atoms with Crippen LogP contribution in [0.3, 0.4) is 0 Å². The standard InChI is InChI=1S/C26H31N3O4/c1-3-32-26(31)27-21-11-12-22-20(15-25(30)33-24(22)16-21)18-28(2)17-19-9-5-6-10-23(19)29-13-7-4-8-14-29/h5-6,9-12,15-16H,3-4,7-8,13-14,17-18H2,1-2H3,(H,27,31). The van der Waals surface area contributed by atoms with Crippen molar-refractivity contribution in [3.63, 3.8) is 0 Å². The molecular weight excluding hydrogens is 418 g/mol. The van der Waals surface area contributed by atoms with E-state index in [4.69, 9.17) is 9.15 Å². The molecule has 7 heteroatoms. The van der Waals surface area contributed by atoms with Gasteiger partial charge in [0, 0.05) is 55.1 Å². The lowest BCUT2D eigenvalue weighted by molar-refractivity contribution is 0.168. The minimum Gasteiger partial charge on any atom is -0.450 e. The summed E-state index contributed by atoms with van der Waals surface area (Å²) in [4.78, 5) is 28.6. The molecule has 2 heterocycles. The summed E-state index contributed by atoms with van der Waals surface area (Å²) in [6, 6.07) is 15.4. The van der Waals surface area contributed by atoms with Crippen molar-refractivity contribution in [2.45, 2.75) is 39.3 Å². The van der Waals surface area contributed by atoms with Gasteiger partial charge in [-0.25, -0.2) is 9.59 Å². The summed E-state index contributed by atoms with van der Waals surface area (Å²) in [7, 11) is 2.06. The molecule has 1 fully saturated rings. The Morgan fingerprint density at radius 2 is 1.82 bits per heavy atom. The normalized spacial score (nSPS) is 14.0. The van der Waals surface area contributed by atoms with Gasteiger partial charge >= 0.3 is 11.7 Å². The Balaban J connectivity index is 1.53. The van der Waals surface area contributed by atoms with Crippen molar-refractivity contribution in [1.29, 1.82) is 0 Å². The van der Waals surface area contributed by atoms with Gasteiger partial charge in [-0.15, -0.1) is 0 Å². The van der Waals surface area contributed by atoms with E-state index in [1.54, 1.807) is 25.1 Å². The lowest BCUT2D eigenvalue weighted by atomic mass is 10.1. The largest absolute Gasteiger partial charge is 0.450 e. The van der Waals surface area contributed by atoms with Crippen LogP contribution in [-0.4, -0.2) is 37.7 Å². The van der Waals surface area contributed by atoms with E-state index in [-0.39, 0.29) is 6.61 Å². The number of nitrogens with one attached hydrogen (secondary N) is 1. The predicted molar refractivity (Wildman–Crippen MR) is 131 cm³/mol. The average Bonchev–Trinajstić information content (AvgIpc) is 2.80. The predicted octanol–water partition coefficient (Wildman–Crippen LogP) is 4.98. The molecule has 1 saturated heterocycles. The third kappa shape index (κ3) is 5.73. The second-order valence-corrected chi connectivity index (χ2v) is 8.50. The third-order valence-electron chi connectivity index (χ3n) is 5.92. The highest BCUT2D eigenvalue weighted by Crippen LogP contribution is 2.27. The average molecular weight is 450 g/mol. The number of para-hydroxylation sites is 1. The number of hydrogen-bond donors (Lipinski definition) is 1. The molecule has 0 atom stereocenters. The van der Waals surface area contributed by atoms with Crippen LogP contribution in [0.2, 0.25) is 0 Å². The van der Waals surface area contributed by atoms with Crippen LogP contribution in [0.1, 0.15) is 37.3 Å². The fourth-order valence-electron chi connectivity index (χ4n) is 4.45. The van der Waals surface area contributed by atoms with Gasteiger partial charge < -0.3 is 14.1 Å². The molecule has 2 aromatic carbocycles. The van der Waals surface area contributed by atoms with Gasteiger partial charge in [-0.2, -0.15) is 0 Å². The third-order valence-corrected chi connectivity index (χ3v) is 5.92. The van der Waals surface area contributed by atoms with E-state index in [9.17, 15) is 9.59 Å². The van der Waals surface area contributed by atoms with Gasteiger partial charge in [0.05, 0.1) is 6.61 Å². The van der Waals surface area contributed by atoms with E-state index in [0.29, 0.717) is 17.8 Å². The molecule has 3 aromatic rings. The molecular formula is C26H31N3O4. The molecule has 0 bridgehead atoms. The molecule has 1 aliphatic rings. The molecule has 7 nitrogen and oxygen atoms in total. The minimum atomic E-state index is -0.539. The van der Waals surface area contributed by atoms with Crippen molar-refractivity contribution < 1.29 is 13.9 Å². The Bertz CT molecular complexity index is 1170. The monoisotopic (exact) mass is 449 g/mol. The number of nitrogens with zero attached hydrogens (tertiary/aromatic N) is 2. The van der Waals surface area contributed by atoms with Crippen LogP contribution >= 0.6 is 0 Å². The number of carbonyl (C=O) groups excluding carboxylic acids is 1. The highest BCUT2D eigenvalue weighted by atomic mass is 16.5. The van der Waals surface area contributed by atoms with Crippen molar-refractivity contribution in [1.82, 2.24) is 4.90 Å². The van der Waals surface area contributed by atoms with E-state index in [1.807, 2.05) is 6.07 Å². The summed E-state index contributed by atoms with van der Waals surface area (Å²) in [6.07, 6.45) is 3.24. The molecule has 1 N–H and O–H groups in total. The zero-order valence-electron chi connectivity index (χ0n) is 19.3. The fraction of sp³-hybridized carbons (Fsp3) is 0.385. The van der Waals surface area contributed by atoms with Crippen LogP contribution in [-0.2, 0) is 17.8 Å². The Hall–Kier alpha value is -3.32. The van der Waals surface area contributed by atoms with E-state index < -0.39 is 11.7 Å². The quantitative estimate of drug-likeness (QED) is 0.513. The first kappa shape index (κ1) is 22.9. The Morgan fingerprint density at radius 3 is 2.61 bits per heavy atom. The second-order valence-electron chi connectivity index (χ2n) is 8.50. The van der Waals surface area contributed by atoms with Gasteiger partial charge in [0.1, 0.15) is 5.58 Å². The number of fused-ring (bicyclic) bond motifs is 1. The minimum absolute atomic E-state index is 0.284. The number of ether oxygens (including phenoxy) is 1. The maximum atomic E-state index is 12.2.